The van der Waals surface area contributed by atoms with Gasteiger partial charge in [0.25, 0.3) is 0 Å². The Balaban J connectivity index is 0.000000200. The standard InChI is InChI=1S/2C10H14/c1-7-5-9(3)10(4)6-8(7)2;1-7-5-6-8(2)10(4)9(7)3/h2*5-6H,1-4H3. The normalized spacial score (nSPS) is 10.0. The summed E-state index contributed by atoms with van der Waals surface area (Å²) in [5.74, 6) is 0. The highest BCUT2D eigenvalue weighted by atomic mass is 14.0. The second-order valence-electron chi connectivity index (χ2n) is 5.97. The molecule has 0 aliphatic rings. The zero-order valence-electron chi connectivity index (χ0n) is 14.3. The molecule has 0 amide bonds. The van der Waals surface area contributed by atoms with Gasteiger partial charge in [0.2, 0.25) is 0 Å². The van der Waals surface area contributed by atoms with Crippen LogP contribution in [-0.2, 0) is 0 Å². The Morgan fingerprint density at radius 2 is 0.650 bits per heavy atom. The molecule has 0 heterocycles. The zero-order chi connectivity index (χ0) is 15.4. The first-order valence-corrected chi connectivity index (χ1v) is 7.32. The molecule has 0 aliphatic heterocycles. The van der Waals surface area contributed by atoms with E-state index in [1.807, 2.05) is 0 Å². The number of aryl methyl sites for hydroxylation is 6. The van der Waals surface area contributed by atoms with Gasteiger partial charge in [-0.05, 0) is 99.9 Å². The fraction of sp³-hybridized carbons (Fsp3) is 0.400. The molecule has 0 nitrogen and oxygen atoms in total. The summed E-state index contributed by atoms with van der Waals surface area (Å²) in [5, 5.41) is 0. The Hall–Kier alpha value is -1.56. The van der Waals surface area contributed by atoms with Crippen molar-refractivity contribution < 1.29 is 0 Å². The lowest BCUT2D eigenvalue weighted by atomic mass is 10.0. The molecule has 0 unspecified atom stereocenters. The van der Waals surface area contributed by atoms with Gasteiger partial charge >= 0.3 is 0 Å². The molecule has 0 fully saturated rings. The molecule has 20 heavy (non-hydrogen) atoms. The van der Waals surface area contributed by atoms with E-state index in [2.05, 4.69) is 79.7 Å². The lowest BCUT2D eigenvalue weighted by Crippen LogP contribution is -1.88. The quantitative estimate of drug-likeness (QED) is 0.563. The van der Waals surface area contributed by atoms with Crippen LogP contribution in [0.5, 0.6) is 0 Å². The highest BCUT2D eigenvalue weighted by Gasteiger charge is 1.97. The molecule has 0 bridgehead atoms. The van der Waals surface area contributed by atoms with Crippen molar-refractivity contribution in [3.63, 3.8) is 0 Å². The summed E-state index contributed by atoms with van der Waals surface area (Å²) in [7, 11) is 0. The van der Waals surface area contributed by atoms with Gasteiger partial charge in [0.05, 0.1) is 0 Å². The molecule has 2 aromatic carbocycles. The van der Waals surface area contributed by atoms with Gasteiger partial charge in [-0.2, -0.15) is 0 Å². The van der Waals surface area contributed by atoms with Crippen LogP contribution in [-0.4, -0.2) is 0 Å². The smallest absolute Gasteiger partial charge is 0.0392 e. The van der Waals surface area contributed by atoms with Crippen molar-refractivity contribution in [3.05, 3.63) is 68.8 Å². The van der Waals surface area contributed by atoms with E-state index in [1.165, 1.54) is 44.5 Å². The van der Waals surface area contributed by atoms with Crippen molar-refractivity contribution in [2.75, 3.05) is 0 Å². The molecule has 108 valence electrons. The molecule has 0 heteroatoms. The van der Waals surface area contributed by atoms with E-state index in [0.717, 1.165) is 0 Å². The van der Waals surface area contributed by atoms with Crippen LogP contribution >= 0.6 is 0 Å². The summed E-state index contributed by atoms with van der Waals surface area (Å²) in [6.07, 6.45) is 0. The van der Waals surface area contributed by atoms with E-state index >= 15 is 0 Å². The van der Waals surface area contributed by atoms with Crippen molar-refractivity contribution in [3.8, 4) is 0 Å². The maximum absolute atomic E-state index is 2.24. The molecular formula is C20H28. The molecule has 2 rings (SSSR count). The largest absolute Gasteiger partial charge is 0.0588 e. The van der Waals surface area contributed by atoms with Crippen LogP contribution in [0, 0.1) is 55.4 Å². The van der Waals surface area contributed by atoms with Crippen LogP contribution < -0.4 is 0 Å². The van der Waals surface area contributed by atoms with Crippen molar-refractivity contribution in [2.45, 2.75) is 55.4 Å². The van der Waals surface area contributed by atoms with Crippen LogP contribution in [0.4, 0.5) is 0 Å². The number of rotatable bonds is 0. The lowest BCUT2D eigenvalue weighted by molar-refractivity contribution is 1.22. The number of hydrogen-bond acceptors (Lipinski definition) is 0. The van der Waals surface area contributed by atoms with Crippen LogP contribution in [0.2, 0.25) is 0 Å². The topological polar surface area (TPSA) is 0 Å². The predicted molar refractivity (Wildman–Crippen MR) is 90.8 cm³/mol. The highest BCUT2D eigenvalue weighted by molar-refractivity contribution is 5.37. The first kappa shape index (κ1) is 16.5. The Bertz CT molecular complexity index is 527. The molecule has 2 aromatic rings. The van der Waals surface area contributed by atoms with Crippen molar-refractivity contribution in [1.29, 1.82) is 0 Å². The summed E-state index contributed by atoms with van der Waals surface area (Å²) in [6, 6.07) is 8.84. The van der Waals surface area contributed by atoms with Gasteiger partial charge in [-0.15, -0.1) is 0 Å². The first-order chi connectivity index (χ1) is 9.23. The SMILES string of the molecule is Cc1cc(C)c(C)cc1C.Cc1ccc(C)c(C)c1C. The van der Waals surface area contributed by atoms with Crippen LogP contribution in [0.1, 0.15) is 44.5 Å². The van der Waals surface area contributed by atoms with Gasteiger partial charge in [0, 0.05) is 0 Å². The third kappa shape index (κ3) is 3.96. The van der Waals surface area contributed by atoms with Gasteiger partial charge in [-0.3, -0.25) is 0 Å². The van der Waals surface area contributed by atoms with Crippen molar-refractivity contribution >= 4 is 0 Å². The molecule has 0 N–H and O–H groups in total. The minimum absolute atomic E-state index is 1.39. The van der Waals surface area contributed by atoms with E-state index < -0.39 is 0 Å². The molecule has 0 saturated carbocycles. The summed E-state index contributed by atoms with van der Waals surface area (Å²) < 4.78 is 0. The molecule has 0 aliphatic carbocycles. The summed E-state index contributed by atoms with van der Waals surface area (Å²) >= 11 is 0. The Kier molecular flexibility index (Phi) is 5.56. The average Bonchev–Trinajstić information content (AvgIpc) is 2.39. The number of benzene rings is 2. The highest BCUT2D eigenvalue weighted by Crippen LogP contribution is 2.15. The molecular weight excluding hydrogens is 240 g/mol. The minimum Gasteiger partial charge on any atom is -0.0588 e. The van der Waals surface area contributed by atoms with Gasteiger partial charge in [0.15, 0.2) is 0 Å². The van der Waals surface area contributed by atoms with Gasteiger partial charge in [-0.25, -0.2) is 0 Å². The zero-order valence-corrected chi connectivity index (χ0v) is 14.3. The van der Waals surface area contributed by atoms with E-state index in [9.17, 15) is 0 Å². The average molecular weight is 268 g/mol. The molecule has 0 atom stereocenters. The monoisotopic (exact) mass is 268 g/mol. The predicted octanol–water partition coefficient (Wildman–Crippen LogP) is 5.84. The Morgan fingerprint density at radius 1 is 0.400 bits per heavy atom. The van der Waals surface area contributed by atoms with E-state index in [0.29, 0.717) is 0 Å². The third-order valence-corrected chi connectivity index (χ3v) is 4.44. The minimum atomic E-state index is 1.39. The van der Waals surface area contributed by atoms with Crippen LogP contribution in [0.3, 0.4) is 0 Å². The van der Waals surface area contributed by atoms with Crippen molar-refractivity contribution in [1.82, 2.24) is 0 Å². The van der Waals surface area contributed by atoms with Gasteiger partial charge < -0.3 is 0 Å². The Morgan fingerprint density at radius 3 is 0.900 bits per heavy atom. The van der Waals surface area contributed by atoms with E-state index in [1.54, 1.807) is 0 Å². The third-order valence-electron chi connectivity index (χ3n) is 4.44. The van der Waals surface area contributed by atoms with Crippen LogP contribution in [0.15, 0.2) is 24.3 Å². The second-order valence-corrected chi connectivity index (χ2v) is 5.97. The Labute approximate surface area is 124 Å². The van der Waals surface area contributed by atoms with Crippen molar-refractivity contribution in [2.24, 2.45) is 0 Å². The fourth-order valence-electron chi connectivity index (χ4n) is 2.20. The summed E-state index contributed by atoms with van der Waals surface area (Å²) in [6.45, 7) is 17.3. The van der Waals surface area contributed by atoms with E-state index in [-0.39, 0.29) is 0 Å². The molecule has 0 saturated heterocycles. The lowest BCUT2D eigenvalue weighted by Gasteiger charge is -2.06. The maximum Gasteiger partial charge on any atom is -0.0392 e. The summed E-state index contributed by atoms with van der Waals surface area (Å²) in [5.41, 5.74) is 11.2. The molecule has 0 aromatic heterocycles. The fourth-order valence-corrected chi connectivity index (χ4v) is 2.20. The van der Waals surface area contributed by atoms with Crippen LogP contribution in [0.25, 0.3) is 0 Å². The van der Waals surface area contributed by atoms with E-state index in [4.69, 9.17) is 0 Å². The molecule has 0 spiro atoms. The van der Waals surface area contributed by atoms with Gasteiger partial charge in [-0.1, -0.05) is 24.3 Å². The maximum atomic E-state index is 2.24. The van der Waals surface area contributed by atoms with Gasteiger partial charge in [0.1, 0.15) is 0 Å². The number of hydrogen-bond donors (Lipinski definition) is 0. The first-order valence-electron chi connectivity index (χ1n) is 7.32. The second kappa shape index (κ2) is 6.74. The summed E-state index contributed by atoms with van der Waals surface area (Å²) in [4.78, 5) is 0. The molecule has 0 radical (unpaired) electrons.